The molecule has 2 aromatic heterocycles. The average Bonchev–Trinajstić information content (AvgIpc) is 3.20. The fourth-order valence-electron chi connectivity index (χ4n) is 2.80. The number of nitrogens with zero attached hydrogens (tertiary/aromatic N) is 4. The van der Waals surface area contributed by atoms with E-state index in [2.05, 4.69) is 28.1 Å². The summed E-state index contributed by atoms with van der Waals surface area (Å²) in [5, 5.41) is 21.9. The molecule has 22 heteroatoms. The highest BCUT2D eigenvalue weighted by Gasteiger charge is 2.51. The Balaban J connectivity index is 1.75. The van der Waals surface area contributed by atoms with E-state index < -0.39 is 54.6 Å². The van der Waals surface area contributed by atoms with Gasteiger partial charge in [0.2, 0.25) is 0 Å². The summed E-state index contributed by atoms with van der Waals surface area (Å²) in [6.07, 6.45) is -0.480. The minimum Gasteiger partial charge on any atom is -0.385 e. The molecule has 3 heterocycles. The summed E-state index contributed by atoms with van der Waals surface area (Å²) in [7, 11) is -16.7. The summed E-state index contributed by atoms with van der Waals surface area (Å²) in [6.45, 7) is -1.53. The summed E-state index contributed by atoms with van der Waals surface area (Å²) in [6, 6.07) is 0. The van der Waals surface area contributed by atoms with Crippen molar-refractivity contribution in [3.63, 3.8) is 0 Å². The van der Waals surface area contributed by atoms with Gasteiger partial charge in [0.1, 0.15) is 17.7 Å². The number of thioether (sulfide) groups is 1. The molecule has 18 nitrogen and oxygen atoms in total. The van der Waals surface area contributed by atoms with Gasteiger partial charge < -0.3 is 40.3 Å². The second kappa shape index (κ2) is 9.22. The summed E-state index contributed by atoms with van der Waals surface area (Å²) in [5.74, 6) is 0.0179. The molecule has 0 radical (unpaired) electrons. The summed E-state index contributed by atoms with van der Waals surface area (Å²) >= 11 is 1.16. The molecule has 5 atom stereocenters. The van der Waals surface area contributed by atoms with Crippen LogP contribution in [0.25, 0.3) is 11.2 Å². The number of anilines is 1. The van der Waals surface area contributed by atoms with E-state index >= 15 is 0 Å². The van der Waals surface area contributed by atoms with Crippen LogP contribution < -0.4 is 5.73 Å². The topological polar surface area (TPSA) is 279 Å². The molecule has 186 valence electrons. The lowest BCUT2D eigenvalue weighted by molar-refractivity contribution is -0.110. The molecule has 1 fully saturated rings. The maximum Gasteiger partial charge on any atom is 0.490 e. The zero-order valence-electron chi connectivity index (χ0n) is 16.3. The van der Waals surface area contributed by atoms with E-state index in [0.717, 1.165) is 22.7 Å². The second-order valence-corrected chi connectivity index (χ2v) is 11.6. The number of imidazole rings is 1. The zero-order chi connectivity index (χ0) is 24.8. The predicted octanol–water partition coefficient (Wildman–Crippen LogP) is -1.12. The van der Waals surface area contributed by atoms with Crippen molar-refractivity contribution in [1.82, 2.24) is 19.5 Å². The number of rotatable bonds is 9. The smallest absolute Gasteiger partial charge is 0.385 e. The first kappa shape index (κ1) is 26.6. The minimum absolute atomic E-state index is 0.0179. The van der Waals surface area contributed by atoms with Crippen molar-refractivity contribution < 1.29 is 61.4 Å². The van der Waals surface area contributed by atoms with Gasteiger partial charge in [0.25, 0.3) is 0 Å². The number of ether oxygens (including phenoxy) is 1. The SMILES string of the molecule is CSc1nc(N)c2ncn(C3(O)COC(COP(=O)(O)OP(=O)(O)OP(=O)(O)O)C3O)c2n1. The molecule has 1 aliphatic rings. The molecular weight excluding hydrogens is 535 g/mol. The quantitative estimate of drug-likeness (QED) is 0.110. The molecule has 0 amide bonds. The van der Waals surface area contributed by atoms with Crippen LogP contribution in [0.2, 0.25) is 0 Å². The van der Waals surface area contributed by atoms with Crippen molar-refractivity contribution >= 4 is 52.2 Å². The number of nitrogen functional groups attached to an aromatic ring is 1. The van der Waals surface area contributed by atoms with Crippen LogP contribution in [0.5, 0.6) is 0 Å². The Hall–Kier alpha value is -1.01. The van der Waals surface area contributed by atoms with Crippen LogP contribution in [-0.2, 0) is 37.3 Å². The number of phosphoric ester groups is 1. The molecule has 1 saturated heterocycles. The van der Waals surface area contributed by atoms with Gasteiger partial charge in [-0.05, 0) is 6.26 Å². The summed E-state index contributed by atoms with van der Waals surface area (Å²) in [4.78, 5) is 47.9. The predicted molar refractivity (Wildman–Crippen MR) is 107 cm³/mol. The lowest BCUT2D eigenvalue weighted by Gasteiger charge is -2.28. The van der Waals surface area contributed by atoms with Crippen molar-refractivity contribution in [3.8, 4) is 0 Å². The Bertz CT molecular complexity index is 1190. The third-order valence-corrected chi connectivity index (χ3v) is 8.51. The van der Waals surface area contributed by atoms with Crippen molar-refractivity contribution in [3.05, 3.63) is 6.33 Å². The highest BCUT2D eigenvalue weighted by molar-refractivity contribution is 7.98. The van der Waals surface area contributed by atoms with E-state index in [0.29, 0.717) is 0 Å². The number of fused-ring (bicyclic) bond motifs is 1. The largest absolute Gasteiger partial charge is 0.490 e. The van der Waals surface area contributed by atoms with Crippen LogP contribution in [0.3, 0.4) is 0 Å². The minimum atomic E-state index is -5.71. The van der Waals surface area contributed by atoms with Crippen LogP contribution in [0.1, 0.15) is 0 Å². The van der Waals surface area contributed by atoms with Gasteiger partial charge in [-0.1, -0.05) is 11.8 Å². The molecule has 0 aliphatic carbocycles. The number of aromatic nitrogens is 4. The van der Waals surface area contributed by atoms with Crippen molar-refractivity contribution in [2.45, 2.75) is 23.1 Å². The van der Waals surface area contributed by atoms with E-state index in [4.69, 9.17) is 25.2 Å². The van der Waals surface area contributed by atoms with Crippen LogP contribution in [0, 0.1) is 0 Å². The Morgan fingerprint density at radius 1 is 1.24 bits per heavy atom. The molecule has 33 heavy (non-hydrogen) atoms. The monoisotopic (exact) mass is 553 g/mol. The number of hydrogen-bond acceptors (Lipinski definition) is 14. The second-order valence-electron chi connectivity index (χ2n) is 6.44. The maximum absolute atomic E-state index is 11.8. The van der Waals surface area contributed by atoms with Crippen LogP contribution >= 0.6 is 35.2 Å². The Morgan fingerprint density at radius 2 is 1.91 bits per heavy atom. The number of phosphoric acid groups is 3. The van der Waals surface area contributed by atoms with Gasteiger partial charge in [-0.3, -0.25) is 9.09 Å². The third kappa shape index (κ3) is 5.98. The zero-order valence-corrected chi connectivity index (χ0v) is 19.8. The highest BCUT2D eigenvalue weighted by Crippen LogP contribution is 2.66. The fourth-order valence-corrected chi connectivity index (χ4v) is 6.20. The molecule has 3 rings (SSSR count). The summed E-state index contributed by atoms with van der Waals surface area (Å²) < 4.78 is 51.8. The average molecular weight is 553 g/mol. The van der Waals surface area contributed by atoms with E-state index in [-0.39, 0.29) is 22.1 Å². The Labute approximate surface area is 188 Å². The molecule has 0 aromatic carbocycles. The maximum atomic E-state index is 11.8. The van der Waals surface area contributed by atoms with Gasteiger partial charge in [0, 0.05) is 0 Å². The number of hydrogen-bond donors (Lipinski definition) is 7. The number of nitrogens with two attached hydrogens (primary N) is 1. The molecule has 5 unspecified atom stereocenters. The van der Waals surface area contributed by atoms with Crippen molar-refractivity contribution in [1.29, 1.82) is 0 Å². The van der Waals surface area contributed by atoms with Crippen molar-refractivity contribution in [2.24, 2.45) is 0 Å². The molecule has 0 bridgehead atoms. The van der Waals surface area contributed by atoms with Gasteiger partial charge in [0.15, 0.2) is 22.3 Å². The Kier molecular flexibility index (Phi) is 7.43. The van der Waals surface area contributed by atoms with E-state index in [1.54, 1.807) is 6.26 Å². The standard InChI is InChI=1S/C11H18N5O13P3S/c1-33-10-14-8(12)6-9(15-10)16(4-13-6)11(18)3-26-5(7(11)17)2-27-31(22,23)29-32(24,25)28-30(19,20)21/h4-5,7,17-18H,2-3H2,1H3,(H,22,23)(H,24,25)(H2,12,14,15)(H2,19,20,21). The van der Waals surface area contributed by atoms with Crippen LogP contribution in [0.4, 0.5) is 5.82 Å². The van der Waals surface area contributed by atoms with E-state index in [1.807, 2.05) is 0 Å². The number of aliphatic hydroxyl groups is 2. The van der Waals surface area contributed by atoms with Crippen LogP contribution in [0.15, 0.2) is 11.5 Å². The van der Waals surface area contributed by atoms with Gasteiger partial charge in [0.05, 0.1) is 19.5 Å². The first-order valence-corrected chi connectivity index (χ1v) is 14.2. The lowest BCUT2D eigenvalue weighted by Crippen LogP contribution is -2.47. The Morgan fingerprint density at radius 3 is 2.52 bits per heavy atom. The van der Waals surface area contributed by atoms with Gasteiger partial charge in [-0.25, -0.2) is 28.6 Å². The van der Waals surface area contributed by atoms with Gasteiger partial charge in [-0.15, -0.1) is 0 Å². The lowest BCUT2D eigenvalue weighted by atomic mass is 10.1. The third-order valence-electron chi connectivity index (χ3n) is 4.16. The molecule has 0 saturated carbocycles. The normalized spacial score (nSPS) is 27.5. The fraction of sp³-hybridized carbons (Fsp3) is 0.545. The molecule has 2 aromatic rings. The molecule has 8 N–H and O–H groups in total. The number of aliphatic hydroxyl groups excluding tert-OH is 1. The molecule has 1 aliphatic heterocycles. The van der Waals surface area contributed by atoms with Gasteiger partial charge in [-0.2, -0.15) is 8.62 Å². The molecular formula is C11H18N5O13P3S. The molecule has 0 spiro atoms. The van der Waals surface area contributed by atoms with Gasteiger partial charge >= 0.3 is 23.5 Å². The van der Waals surface area contributed by atoms with Crippen LogP contribution in [-0.4, -0.2) is 81.0 Å². The first-order valence-electron chi connectivity index (χ1n) is 8.42. The summed E-state index contributed by atoms with van der Waals surface area (Å²) in [5.41, 5.74) is 3.83. The highest BCUT2D eigenvalue weighted by atomic mass is 32.2. The van der Waals surface area contributed by atoms with Crippen molar-refractivity contribution in [2.75, 3.05) is 25.2 Å². The van der Waals surface area contributed by atoms with E-state index in [1.165, 1.54) is 0 Å². The first-order chi connectivity index (χ1) is 15.1. The van der Waals surface area contributed by atoms with E-state index in [9.17, 15) is 28.8 Å².